The van der Waals surface area contributed by atoms with E-state index in [1.54, 1.807) is 56.3 Å². The summed E-state index contributed by atoms with van der Waals surface area (Å²) in [5.41, 5.74) is 1.43. The highest BCUT2D eigenvalue weighted by Crippen LogP contribution is 2.22. The van der Waals surface area contributed by atoms with Gasteiger partial charge in [-0.2, -0.15) is 0 Å². The molecule has 0 saturated carbocycles. The third-order valence-electron chi connectivity index (χ3n) is 3.83. The molecule has 1 unspecified atom stereocenters. The highest BCUT2D eigenvalue weighted by Gasteiger charge is 2.20. The summed E-state index contributed by atoms with van der Waals surface area (Å²) in [5.74, 6) is -0.669. The molecule has 0 aromatic heterocycles. The fourth-order valence-corrected chi connectivity index (χ4v) is 3.07. The first kappa shape index (κ1) is 22.2. The third kappa shape index (κ3) is 7.15. The normalized spacial score (nSPS) is 12.0. The van der Waals surface area contributed by atoms with Gasteiger partial charge in [-0.1, -0.05) is 41.4 Å². The van der Waals surface area contributed by atoms with Crippen LogP contribution in [0, 0.1) is 0 Å². The molecule has 1 N–H and O–H groups in total. The molecule has 5 nitrogen and oxygen atoms in total. The van der Waals surface area contributed by atoms with Crippen LogP contribution in [0.25, 0.3) is 0 Å². The summed E-state index contributed by atoms with van der Waals surface area (Å²) in [6, 6.07) is 11.9. The molecule has 1 atom stereocenters. The Kier molecular flexibility index (Phi) is 8.30. The van der Waals surface area contributed by atoms with E-state index in [9.17, 15) is 14.7 Å². The highest BCUT2D eigenvalue weighted by molar-refractivity contribution is 6.35. The van der Waals surface area contributed by atoms with Crippen molar-refractivity contribution in [2.45, 2.75) is 38.9 Å². The van der Waals surface area contributed by atoms with Crippen LogP contribution < -0.4 is 4.74 Å². The number of carboxylic acids is 1. The van der Waals surface area contributed by atoms with Crippen molar-refractivity contribution in [2.75, 3.05) is 6.61 Å². The van der Waals surface area contributed by atoms with E-state index in [1.807, 2.05) is 0 Å². The number of halogens is 2. The minimum Gasteiger partial charge on any atom is -0.486 e. The predicted octanol–water partition coefficient (Wildman–Crippen LogP) is 4.60. The summed E-state index contributed by atoms with van der Waals surface area (Å²) in [4.78, 5) is 23.5. The van der Waals surface area contributed by atoms with Crippen molar-refractivity contribution in [2.24, 2.45) is 0 Å². The van der Waals surface area contributed by atoms with Crippen molar-refractivity contribution in [1.29, 1.82) is 0 Å². The van der Waals surface area contributed by atoms with E-state index < -0.39 is 12.1 Å². The van der Waals surface area contributed by atoms with E-state index in [0.29, 0.717) is 21.4 Å². The van der Waals surface area contributed by atoms with E-state index >= 15 is 0 Å². The largest absolute Gasteiger partial charge is 0.486 e. The Morgan fingerprint density at radius 3 is 2.50 bits per heavy atom. The quantitative estimate of drug-likeness (QED) is 0.602. The third-order valence-corrected chi connectivity index (χ3v) is 4.42. The van der Waals surface area contributed by atoms with Crippen LogP contribution in [0.1, 0.15) is 25.0 Å². The smallest absolute Gasteiger partial charge is 0.333 e. The number of aliphatic carboxylic acids is 1. The van der Waals surface area contributed by atoms with Gasteiger partial charge in [-0.05, 0) is 49.2 Å². The van der Waals surface area contributed by atoms with Crippen molar-refractivity contribution in [3.63, 3.8) is 0 Å². The molecule has 0 radical (unpaired) electrons. The molecule has 2 rings (SSSR count). The monoisotopic (exact) mass is 424 g/mol. The zero-order valence-corrected chi connectivity index (χ0v) is 17.2. The Bertz CT molecular complexity index is 835. The van der Waals surface area contributed by atoms with Gasteiger partial charge in [0.05, 0.1) is 6.10 Å². The molecule has 28 heavy (non-hydrogen) atoms. The maximum Gasteiger partial charge on any atom is 0.333 e. The average Bonchev–Trinajstić information content (AvgIpc) is 2.62. The van der Waals surface area contributed by atoms with Crippen LogP contribution in [0.4, 0.5) is 0 Å². The molecule has 2 aromatic rings. The number of carbonyl (C=O) groups is 2. The number of ether oxygens (including phenoxy) is 2. The Balaban J connectivity index is 1.94. The number of Topliss-reactive ketones (excluding diaryl/α,β-unsaturated/α-hetero) is 1. The van der Waals surface area contributed by atoms with E-state index in [1.165, 1.54) is 0 Å². The molecule has 0 bridgehead atoms. The number of rotatable bonds is 10. The first-order chi connectivity index (χ1) is 13.2. The van der Waals surface area contributed by atoms with Crippen LogP contribution in [-0.4, -0.2) is 35.7 Å². The summed E-state index contributed by atoms with van der Waals surface area (Å²) >= 11 is 11.9. The number of carboxylic acid groups (broad SMARTS) is 1. The van der Waals surface area contributed by atoms with E-state index in [4.69, 9.17) is 32.7 Å². The molecule has 0 spiro atoms. The van der Waals surface area contributed by atoms with Gasteiger partial charge in [0.15, 0.2) is 11.9 Å². The summed E-state index contributed by atoms with van der Waals surface area (Å²) in [6.45, 7) is 3.45. The van der Waals surface area contributed by atoms with Gasteiger partial charge in [-0.25, -0.2) is 4.79 Å². The number of hydrogen-bond donors (Lipinski definition) is 1. The molecule has 0 heterocycles. The lowest BCUT2D eigenvalue weighted by Crippen LogP contribution is -2.29. The standard InChI is InChI=1S/C21H22Cl2O5/c1-13(2)28-20(21(25)26)9-14-4-3-5-18(8-14)27-12-17(24)10-15-6-7-16(22)11-19(15)23/h3-8,11,13,20H,9-10,12H2,1-2H3,(H,25,26). The molecular formula is C21H22Cl2O5. The molecule has 0 saturated heterocycles. The summed E-state index contributed by atoms with van der Waals surface area (Å²) in [6.07, 6.45) is -0.792. The van der Waals surface area contributed by atoms with Crippen LogP contribution in [0.2, 0.25) is 10.0 Å². The maximum absolute atomic E-state index is 12.2. The lowest BCUT2D eigenvalue weighted by molar-refractivity contribution is -0.153. The Morgan fingerprint density at radius 1 is 1.11 bits per heavy atom. The second-order valence-corrected chi connectivity index (χ2v) is 7.45. The van der Waals surface area contributed by atoms with E-state index in [-0.39, 0.29) is 31.3 Å². The average molecular weight is 425 g/mol. The summed E-state index contributed by atoms with van der Waals surface area (Å²) in [7, 11) is 0. The number of carbonyl (C=O) groups excluding carboxylic acids is 1. The van der Waals surface area contributed by atoms with Crippen molar-refractivity contribution in [3.05, 3.63) is 63.6 Å². The van der Waals surface area contributed by atoms with Gasteiger partial charge in [0.1, 0.15) is 12.4 Å². The lowest BCUT2D eigenvalue weighted by Gasteiger charge is -2.17. The molecule has 0 aliphatic rings. The Morgan fingerprint density at radius 2 is 1.86 bits per heavy atom. The Labute approximate surface area is 174 Å². The molecule has 0 aliphatic carbocycles. The number of ketones is 1. The van der Waals surface area contributed by atoms with Crippen LogP contribution in [-0.2, 0) is 27.2 Å². The molecule has 0 aliphatic heterocycles. The second-order valence-electron chi connectivity index (χ2n) is 6.60. The minimum atomic E-state index is -1.02. The van der Waals surface area contributed by atoms with Gasteiger partial charge in [-0.15, -0.1) is 0 Å². The van der Waals surface area contributed by atoms with Gasteiger partial charge in [-0.3, -0.25) is 4.79 Å². The predicted molar refractivity (Wildman–Crippen MR) is 108 cm³/mol. The fraction of sp³-hybridized carbons (Fsp3) is 0.333. The zero-order valence-electron chi connectivity index (χ0n) is 15.7. The molecule has 0 fully saturated rings. The molecule has 7 heteroatoms. The first-order valence-electron chi connectivity index (χ1n) is 8.80. The van der Waals surface area contributed by atoms with Gasteiger partial charge in [0, 0.05) is 22.9 Å². The lowest BCUT2D eigenvalue weighted by atomic mass is 10.1. The van der Waals surface area contributed by atoms with Crippen molar-refractivity contribution in [3.8, 4) is 5.75 Å². The number of benzene rings is 2. The molecule has 2 aromatic carbocycles. The van der Waals surface area contributed by atoms with Gasteiger partial charge in [0.2, 0.25) is 0 Å². The summed E-state index contributed by atoms with van der Waals surface area (Å²) in [5, 5.41) is 10.2. The van der Waals surface area contributed by atoms with Crippen molar-refractivity contribution in [1.82, 2.24) is 0 Å². The van der Waals surface area contributed by atoms with Gasteiger partial charge in [0.25, 0.3) is 0 Å². The summed E-state index contributed by atoms with van der Waals surface area (Å²) < 4.78 is 11.0. The molecule has 150 valence electrons. The highest BCUT2D eigenvalue weighted by atomic mass is 35.5. The molecular weight excluding hydrogens is 403 g/mol. The number of hydrogen-bond acceptors (Lipinski definition) is 4. The zero-order chi connectivity index (χ0) is 20.7. The van der Waals surface area contributed by atoms with Crippen molar-refractivity contribution < 1.29 is 24.2 Å². The second kappa shape index (κ2) is 10.5. The Hall–Kier alpha value is -2.08. The van der Waals surface area contributed by atoms with Gasteiger partial charge >= 0.3 is 5.97 Å². The topological polar surface area (TPSA) is 72.8 Å². The fourth-order valence-electron chi connectivity index (χ4n) is 2.59. The minimum absolute atomic E-state index is 0.118. The van der Waals surface area contributed by atoms with Crippen LogP contribution in [0.15, 0.2) is 42.5 Å². The molecule has 0 amide bonds. The van der Waals surface area contributed by atoms with Crippen LogP contribution in [0.3, 0.4) is 0 Å². The first-order valence-corrected chi connectivity index (χ1v) is 9.56. The van der Waals surface area contributed by atoms with Crippen LogP contribution >= 0.6 is 23.2 Å². The van der Waals surface area contributed by atoms with Gasteiger partial charge < -0.3 is 14.6 Å². The van der Waals surface area contributed by atoms with Crippen molar-refractivity contribution >= 4 is 35.0 Å². The van der Waals surface area contributed by atoms with E-state index in [0.717, 1.165) is 5.56 Å². The van der Waals surface area contributed by atoms with E-state index in [2.05, 4.69) is 0 Å². The van der Waals surface area contributed by atoms with Crippen LogP contribution in [0.5, 0.6) is 5.75 Å². The SMILES string of the molecule is CC(C)OC(Cc1cccc(OCC(=O)Cc2ccc(Cl)cc2Cl)c1)C(=O)O. The maximum atomic E-state index is 12.2.